The van der Waals surface area contributed by atoms with E-state index in [2.05, 4.69) is 23.7 Å². The van der Waals surface area contributed by atoms with Crippen LogP contribution in [0.5, 0.6) is 0 Å². The van der Waals surface area contributed by atoms with Gasteiger partial charge < -0.3 is 4.57 Å². The summed E-state index contributed by atoms with van der Waals surface area (Å²) in [4.78, 5) is 17.2. The van der Waals surface area contributed by atoms with Crippen molar-refractivity contribution in [2.75, 3.05) is 0 Å². The quantitative estimate of drug-likeness (QED) is 0.651. The Balaban J connectivity index is 2.21. The maximum absolute atomic E-state index is 13.3. The Bertz CT molecular complexity index is 1010. The van der Waals surface area contributed by atoms with Gasteiger partial charge in [-0.1, -0.05) is 29.5 Å². The van der Waals surface area contributed by atoms with E-state index in [-0.39, 0.29) is 5.56 Å². The number of benzene rings is 2. The number of allylic oxidation sites excluding steroid dienone is 1. The van der Waals surface area contributed by atoms with Gasteiger partial charge in [0.25, 0.3) is 5.91 Å². The molecule has 2 aromatic carbocycles. The number of aryl methyl sites for hydroxylation is 2. The van der Waals surface area contributed by atoms with Crippen LogP contribution in [0.4, 0.5) is 4.39 Å². The topological polar surface area (TPSA) is 34.4 Å². The largest absolute Gasteiger partial charge is 0.312 e. The zero-order valence-corrected chi connectivity index (χ0v) is 14.4. The SMILES string of the molecule is C=CCn1c(=NC(=O)c2cccc(F)c2)sc2cc(C)cc(C)c21. The predicted octanol–water partition coefficient (Wildman–Crippen LogP) is 4.39. The molecule has 0 aliphatic carbocycles. The van der Waals surface area contributed by atoms with E-state index in [4.69, 9.17) is 0 Å². The molecule has 0 saturated heterocycles. The van der Waals surface area contributed by atoms with E-state index in [0.717, 1.165) is 21.3 Å². The Labute approximate surface area is 143 Å². The highest BCUT2D eigenvalue weighted by molar-refractivity contribution is 7.16. The van der Waals surface area contributed by atoms with E-state index >= 15 is 0 Å². The number of aromatic nitrogens is 1. The van der Waals surface area contributed by atoms with E-state index in [9.17, 15) is 9.18 Å². The molecule has 3 aromatic rings. The maximum Gasteiger partial charge on any atom is 0.279 e. The molecule has 3 rings (SSSR count). The zero-order chi connectivity index (χ0) is 17.3. The van der Waals surface area contributed by atoms with Crippen molar-refractivity contribution in [3.8, 4) is 0 Å². The Hall–Kier alpha value is -2.53. The summed E-state index contributed by atoms with van der Waals surface area (Å²) in [5, 5.41) is 0. The van der Waals surface area contributed by atoms with Gasteiger partial charge in [-0.25, -0.2) is 4.39 Å². The molecule has 0 atom stereocenters. The Morgan fingerprint density at radius 3 is 2.83 bits per heavy atom. The molecule has 0 spiro atoms. The summed E-state index contributed by atoms with van der Waals surface area (Å²) in [7, 11) is 0. The van der Waals surface area contributed by atoms with Crippen LogP contribution in [0.2, 0.25) is 0 Å². The molecule has 0 unspecified atom stereocenters. The lowest BCUT2D eigenvalue weighted by atomic mass is 10.1. The van der Waals surface area contributed by atoms with Crippen LogP contribution in [0.15, 0.2) is 54.0 Å². The lowest BCUT2D eigenvalue weighted by molar-refractivity contribution is 0.0997. The third-order valence-electron chi connectivity index (χ3n) is 3.69. The molecular weight excluding hydrogens is 323 g/mol. The molecule has 0 aliphatic heterocycles. The van der Waals surface area contributed by atoms with Crippen LogP contribution in [-0.4, -0.2) is 10.5 Å². The van der Waals surface area contributed by atoms with Gasteiger partial charge in [-0.05, 0) is 49.2 Å². The number of carbonyl (C=O) groups excluding carboxylic acids is 1. The van der Waals surface area contributed by atoms with Crippen LogP contribution in [0.25, 0.3) is 10.2 Å². The highest BCUT2D eigenvalue weighted by Gasteiger charge is 2.11. The first-order valence-electron chi connectivity index (χ1n) is 7.55. The summed E-state index contributed by atoms with van der Waals surface area (Å²) in [5.74, 6) is -0.897. The molecule has 5 heteroatoms. The minimum Gasteiger partial charge on any atom is -0.312 e. The van der Waals surface area contributed by atoms with Crippen LogP contribution in [0.3, 0.4) is 0 Å². The maximum atomic E-state index is 13.3. The number of rotatable bonds is 3. The lowest BCUT2D eigenvalue weighted by Crippen LogP contribution is -2.16. The summed E-state index contributed by atoms with van der Waals surface area (Å²) in [6.07, 6.45) is 1.77. The first-order chi connectivity index (χ1) is 11.5. The summed E-state index contributed by atoms with van der Waals surface area (Å²) < 4.78 is 16.4. The molecule has 0 fully saturated rings. The predicted molar refractivity (Wildman–Crippen MR) is 95.8 cm³/mol. The van der Waals surface area contributed by atoms with Gasteiger partial charge in [0.15, 0.2) is 4.80 Å². The van der Waals surface area contributed by atoms with Gasteiger partial charge in [0.2, 0.25) is 0 Å². The summed E-state index contributed by atoms with van der Waals surface area (Å²) >= 11 is 1.45. The molecule has 24 heavy (non-hydrogen) atoms. The Morgan fingerprint density at radius 1 is 1.33 bits per heavy atom. The second kappa shape index (κ2) is 6.53. The molecule has 0 radical (unpaired) electrons. The van der Waals surface area contributed by atoms with Crippen molar-refractivity contribution in [1.29, 1.82) is 0 Å². The monoisotopic (exact) mass is 340 g/mol. The van der Waals surface area contributed by atoms with Crippen molar-refractivity contribution in [3.05, 3.63) is 76.4 Å². The summed E-state index contributed by atoms with van der Waals surface area (Å²) in [6, 6.07) is 9.77. The van der Waals surface area contributed by atoms with E-state index in [1.807, 2.05) is 18.4 Å². The average molecular weight is 340 g/mol. The third kappa shape index (κ3) is 3.08. The second-order valence-corrected chi connectivity index (χ2v) is 6.65. The molecule has 0 saturated carbocycles. The van der Waals surface area contributed by atoms with Gasteiger partial charge in [-0.15, -0.1) is 6.58 Å². The number of thiazole rings is 1. The number of hydrogen-bond acceptors (Lipinski definition) is 2. The fourth-order valence-corrected chi connectivity index (χ4v) is 3.96. The third-order valence-corrected chi connectivity index (χ3v) is 4.72. The first-order valence-corrected chi connectivity index (χ1v) is 8.37. The van der Waals surface area contributed by atoms with Gasteiger partial charge in [0, 0.05) is 12.1 Å². The highest BCUT2D eigenvalue weighted by Crippen LogP contribution is 2.23. The van der Waals surface area contributed by atoms with Crippen molar-refractivity contribution in [2.45, 2.75) is 20.4 Å². The van der Waals surface area contributed by atoms with Gasteiger partial charge in [0.1, 0.15) is 5.82 Å². The van der Waals surface area contributed by atoms with E-state index in [0.29, 0.717) is 11.3 Å². The molecule has 1 amide bonds. The van der Waals surface area contributed by atoms with Gasteiger partial charge >= 0.3 is 0 Å². The van der Waals surface area contributed by atoms with Crippen molar-refractivity contribution in [3.63, 3.8) is 0 Å². The molecule has 0 bridgehead atoms. The number of nitrogens with zero attached hydrogens (tertiary/aromatic N) is 2. The van der Waals surface area contributed by atoms with Gasteiger partial charge in [-0.3, -0.25) is 4.79 Å². The first kappa shape index (κ1) is 16.3. The minimum absolute atomic E-state index is 0.241. The van der Waals surface area contributed by atoms with Crippen LogP contribution in [-0.2, 0) is 6.54 Å². The summed E-state index contributed by atoms with van der Waals surface area (Å²) in [5.41, 5.74) is 3.58. The van der Waals surface area contributed by atoms with Crippen molar-refractivity contribution < 1.29 is 9.18 Å². The highest BCUT2D eigenvalue weighted by atomic mass is 32.1. The number of amides is 1. The van der Waals surface area contributed by atoms with Gasteiger partial charge in [-0.2, -0.15) is 4.99 Å². The van der Waals surface area contributed by atoms with Crippen molar-refractivity contribution in [1.82, 2.24) is 4.57 Å². The zero-order valence-electron chi connectivity index (χ0n) is 13.5. The van der Waals surface area contributed by atoms with Crippen LogP contribution in [0, 0.1) is 19.7 Å². The Morgan fingerprint density at radius 2 is 2.12 bits per heavy atom. The smallest absolute Gasteiger partial charge is 0.279 e. The average Bonchev–Trinajstić information content (AvgIpc) is 2.85. The number of carbonyl (C=O) groups is 1. The van der Waals surface area contributed by atoms with Crippen LogP contribution < -0.4 is 4.80 Å². The van der Waals surface area contributed by atoms with Crippen molar-refractivity contribution >= 4 is 27.5 Å². The van der Waals surface area contributed by atoms with E-state index < -0.39 is 11.7 Å². The molecule has 3 nitrogen and oxygen atoms in total. The molecule has 122 valence electrons. The van der Waals surface area contributed by atoms with E-state index in [1.54, 1.807) is 12.1 Å². The van der Waals surface area contributed by atoms with Gasteiger partial charge in [0.05, 0.1) is 10.2 Å². The minimum atomic E-state index is -0.451. The number of hydrogen-bond donors (Lipinski definition) is 0. The van der Waals surface area contributed by atoms with Crippen LogP contribution >= 0.6 is 11.3 Å². The molecular formula is C19H17FN2OS. The number of halogens is 1. The van der Waals surface area contributed by atoms with Crippen LogP contribution in [0.1, 0.15) is 21.5 Å². The molecule has 1 aromatic heterocycles. The van der Waals surface area contributed by atoms with Crippen molar-refractivity contribution in [2.24, 2.45) is 4.99 Å². The molecule has 1 heterocycles. The lowest BCUT2D eigenvalue weighted by Gasteiger charge is -2.05. The summed E-state index contributed by atoms with van der Waals surface area (Å²) in [6.45, 7) is 8.42. The fourth-order valence-electron chi connectivity index (χ4n) is 2.75. The van der Waals surface area contributed by atoms with E-state index in [1.165, 1.54) is 29.5 Å². The Kier molecular flexibility index (Phi) is 4.44. The molecule has 0 N–H and O–H groups in total. The molecule has 0 aliphatic rings. The fraction of sp³-hybridized carbons (Fsp3) is 0.158. The normalized spacial score (nSPS) is 11.9. The second-order valence-electron chi connectivity index (χ2n) is 5.64. The number of fused-ring (bicyclic) bond motifs is 1. The standard InChI is InChI=1S/C19H17FN2OS/c1-4-8-22-17-13(3)9-12(2)10-16(17)24-19(22)21-18(23)14-6-5-7-15(20)11-14/h4-7,9-11H,1,8H2,2-3H3.